The number of pyridine rings is 1. The van der Waals surface area contributed by atoms with Crippen molar-refractivity contribution < 1.29 is 9.13 Å². The molecule has 2 unspecified atom stereocenters. The minimum atomic E-state index is -0.943. The molecule has 2 atom stereocenters. The second kappa shape index (κ2) is 7.53. The molecule has 0 saturated heterocycles. The Morgan fingerprint density at radius 3 is 2.63 bits per heavy atom. The van der Waals surface area contributed by atoms with Crippen molar-refractivity contribution in [3.05, 3.63) is 42.1 Å². The maximum Gasteiger partial charge on any atom is 0.214 e. The molecular formula is C14H20FN3O. The minimum Gasteiger partial charge on any atom is -0.470 e. The highest BCUT2D eigenvalue weighted by Crippen LogP contribution is 2.18. The number of hydrogen-bond acceptors (Lipinski definition) is 4. The lowest BCUT2D eigenvalue weighted by Gasteiger charge is -2.11. The number of aryl methyl sites for hydroxylation is 1. The Kier molecular flexibility index (Phi) is 6.02. The van der Waals surface area contributed by atoms with E-state index in [4.69, 9.17) is 10.6 Å². The number of anilines is 1. The van der Waals surface area contributed by atoms with Crippen molar-refractivity contribution >= 4 is 5.69 Å². The van der Waals surface area contributed by atoms with Crippen LogP contribution < -0.4 is 16.0 Å². The number of nitrogens with one attached hydrogen (secondary N) is 1. The van der Waals surface area contributed by atoms with E-state index >= 15 is 0 Å². The second-order valence-electron chi connectivity index (χ2n) is 4.25. The van der Waals surface area contributed by atoms with E-state index in [1.165, 1.54) is 13.0 Å². The molecule has 0 aliphatic carbocycles. The zero-order valence-corrected chi connectivity index (χ0v) is 11.4. The number of nitrogens with two attached hydrogens (primary N) is 1. The number of aromatic nitrogens is 1. The molecule has 1 aromatic heterocycles. The van der Waals surface area contributed by atoms with Gasteiger partial charge in [0.2, 0.25) is 5.88 Å². The van der Waals surface area contributed by atoms with Crippen LogP contribution >= 0.6 is 0 Å². The van der Waals surface area contributed by atoms with Crippen molar-refractivity contribution in [1.29, 1.82) is 0 Å². The molecular weight excluding hydrogens is 245 g/mol. The largest absolute Gasteiger partial charge is 0.470 e. The fourth-order valence-corrected chi connectivity index (χ4v) is 1.41. The number of hydrogen-bond donors (Lipinski definition) is 2. The predicted molar refractivity (Wildman–Crippen MR) is 75.7 cm³/mol. The molecule has 104 valence electrons. The van der Waals surface area contributed by atoms with E-state index in [0.29, 0.717) is 5.88 Å². The first kappa shape index (κ1) is 15.2. The van der Waals surface area contributed by atoms with Crippen molar-refractivity contribution in [2.45, 2.75) is 33.0 Å². The molecule has 19 heavy (non-hydrogen) atoms. The van der Waals surface area contributed by atoms with Crippen LogP contribution in [0.25, 0.3) is 0 Å². The van der Waals surface area contributed by atoms with Gasteiger partial charge >= 0.3 is 0 Å². The maximum absolute atomic E-state index is 12.5. The van der Waals surface area contributed by atoms with Crippen molar-refractivity contribution in [1.82, 2.24) is 4.98 Å². The molecule has 0 fully saturated rings. The van der Waals surface area contributed by atoms with Gasteiger partial charge in [0, 0.05) is 6.07 Å². The van der Waals surface area contributed by atoms with Gasteiger partial charge in [-0.25, -0.2) is 9.37 Å². The molecule has 0 bridgehead atoms. The van der Waals surface area contributed by atoms with Crippen molar-refractivity contribution in [3.8, 4) is 5.88 Å². The van der Waals surface area contributed by atoms with Crippen LogP contribution in [0.4, 0.5) is 10.1 Å². The van der Waals surface area contributed by atoms with Crippen LogP contribution in [0.2, 0.25) is 0 Å². The van der Waals surface area contributed by atoms with E-state index in [2.05, 4.69) is 10.4 Å². The van der Waals surface area contributed by atoms with Gasteiger partial charge in [-0.15, -0.1) is 0 Å². The Morgan fingerprint density at radius 2 is 2.05 bits per heavy atom. The molecule has 0 radical (unpaired) electrons. The molecule has 0 aliphatic rings. The number of nitrogens with zero attached hydrogens (tertiary/aromatic N) is 1. The van der Waals surface area contributed by atoms with E-state index < -0.39 is 6.17 Å². The maximum atomic E-state index is 12.5. The van der Waals surface area contributed by atoms with Gasteiger partial charge in [0.1, 0.15) is 12.3 Å². The Morgan fingerprint density at radius 1 is 1.37 bits per heavy atom. The van der Waals surface area contributed by atoms with Crippen LogP contribution in [0.1, 0.15) is 19.4 Å². The average molecular weight is 265 g/mol. The smallest absolute Gasteiger partial charge is 0.214 e. The average Bonchev–Trinajstić information content (AvgIpc) is 2.35. The number of nitrogen functional groups attached to an aromatic ring is 1. The van der Waals surface area contributed by atoms with Crippen LogP contribution in [-0.2, 0) is 0 Å². The van der Waals surface area contributed by atoms with Gasteiger partial charge in [-0.2, -0.15) is 0 Å². The monoisotopic (exact) mass is 265 g/mol. The highest BCUT2D eigenvalue weighted by atomic mass is 19.1. The van der Waals surface area contributed by atoms with E-state index in [9.17, 15) is 4.39 Å². The summed E-state index contributed by atoms with van der Waals surface area (Å²) in [7, 11) is 0. The molecule has 0 aliphatic heterocycles. The number of ether oxygens (including phenoxy) is 1. The van der Waals surface area contributed by atoms with Crippen molar-refractivity contribution in [2.75, 3.05) is 5.43 Å². The van der Waals surface area contributed by atoms with Gasteiger partial charge in [0.15, 0.2) is 0 Å². The third-order valence-corrected chi connectivity index (χ3v) is 2.42. The first-order chi connectivity index (χ1) is 9.02. The van der Waals surface area contributed by atoms with Crippen LogP contribution in [0.3, 0.4) is 0 Å². The highest BCUT2D eigenvalue weighted by molar-refractivity contribution is 5.48. The SMILES string of the molecule is Cc1cc(OC(C)/C=C\C=C/C(C)F)ncc1NN. The number of allylic oxidation sites excluding steroid dienone is 3. The first-order valence-electron chi connectivity index (χ1n) is 6.12. The lowest BCUT2D eigenvalue weighted by atomic mass is 10.2. The number of alkyl halides is 1. The van der Waals surface area contributed by atoms with Gasteiger partial charge in [0.05, 0.1) is 11.9 Å². The molecule has 0 spiro atoms. The molecule has 1 rings (SSSR count). The van der Waals surface area contributed by atoms with E-state index in [1.54, 1.807) is 24.4 Å². The molecule has 0 aromatic carbocycles. The first-order valence-corrected chi connectivity index (χ1v) is 6.12. The Hall–Kier alpha value is -1.88. The van der Waals surface area contributed by atoms with E-state index in [0.717, 1.165) is 11.3 Å². The molecule has 5 heteroatoms. The van der Waals surface area contributed by atoms with Gasteiger partial charge in [0.25, 0.3) is 0 Å². The summed E-state index contributed by atoms with van der Waals surface area (Å²) >= 11 is 0. The molecule has 3 N–H and O–H groups in total. The van der Waals surface area contributed by atoms with Crippen LogP contribution in [0, 0.1) is 6.92 Å². The summed E-state index contributed by atoms with van der Waals surface area (Å²) < 4.78 is 18.1. The van der Waals surface area contributed by atoms with Crippen LogP contribution in [-0.4, -0.2) is 17.3 Å². The van der Waals surface area contributed by atoms with Gasteiger partial charge < -0.3 is 10.2 Å². The van der Waals surface area contributed by atoms with Crippen LogP contribution in [0.5, 0.6) is 5.88 Å². The third kappa shape index (κ3) is 5.52. The van der Waals surface area contributed by atoms with Gasteiger partial charge in [-0.3, -0.25) is 5.84 Å². The molecule has 1 heterocycles. The zero-order chi connectivity index (χ0) is 14.3. The summed E-state index contributed by atoms with van der Waals surface area (Å²) in [5, 5.41) is 0. The quantitative estimate of drug-likeness (QED) is 0.471. The third-order valence-electron chi connectivity index (χ3n) is 2.42. The van der Waals surface area contributed by atoms with Gasteiger partial charge in [-0.1, -0.05) is 18.2 Å². The lowest BCUT2D eigenvalue weighted by Crippen LogP contribution is -2.11. The minimum absolute atomic E-state index is 0.150. The molecule has 0 amide bonds. The summed E-state index contributed by atoms with van der Waals surface area (Å²) in [6.45, 7) is 5.27. The Bertz CT molecular complexity index is 458. The number of halogens is 1. The summed E-state index contributed by atoms with van der Waals surface area (Å²) in [4.78, 5) is 4.13. The summed E-state index contributed by atoms with van der Waals surface area (Å²) in [6, 6.07) is 1.80. The highest BCUT2D eigenvalue weighted by Gasteiger charge is 2.03. The van der Waals surface area contributed by atoms with Crippen LogP contribution in [0.15, 0.2) is 36.6 Å². The van der Waals surface area contributed by atoms with E-state index in [-0.39, 0.29) is 6.10 Å². The normalized spacial score (nSPS) is 14.8. The summed E-state index contributed by atoms with van der Waals surface area (Å²) in [5.74, 6) is 5.85. The predicted octanol–water partition coefficient (Wildman–Crippen LogP) is 2.91. The lowest BCUT2D eigenvalue weighted by molar-refractivity contribution is 0.259. The van der Waals surface area contributed by atoms with Gasteiger partial charge in [-0.05, 0) is 32.4 Å². The fourth-order valence-electron chi connectivity index (χ4n) is 1.41. The number of rotatable bonds is 6. The second-order valence-corrected chi connectivity index (χ2v) is 4.25. The summed E-state index contributed by atoms with van der Waals surface area (Å²) in [5.41, 5.74) is 4.26. The van der Waals surface area contributed by atoms with E-state index in [1.807, 2.05) is 19.9 Å². The Balaban J connectivity index is 2.57. The zero-order valence-electron chi connectivity index (χ0n) is 11.4. The summed E-state index contributed by atoms with van der Waals surface area (Å²) in [6.07, 6.45) is 7.22. The molecule has 0 saturated carbocycles. The number of hydrazine groups is 1. The molecule has 1 aromatic rings. The fraction of sp³-hybridized carbons (Fsp3) is 0.357. The standard InChI is InChI=1S/C14H20FN3O/c1-10-8-14(17-9-13(10)18-16)19-12(3)7-5-4-6-11(2)15/h4-9,11-12,18H,16H2,1-3H3/b6-4-,7-5-. The van der Waals surface area contributed by atoms with Crippen molar-refractivity contribution in [3.63, 3.8) is 0 Å². The Labute approximate surface area is 113 Å². The topological polar surface area (TPSA) is 60.2 Å². The van der Waals surface area contributed by atoms with Crippen molar-refractivity contribution in [2.24, 2.45) is 5.84 Å². The molecule has 4 nitrogen and oxygen atoms in total.